The number of fused-ring (bicyclic) bond motifs is 14. The Morgan fingerprint density at radius 1 is 0.489 bits per heavy atom. The van der Waals surface area contributed by atoms with E-state index in [4.69, 9.17) is 4.98 Å². The van der Waals surface area contributed by atoms with Crippen molar-refractivity contribution in [2.75, 3.05) is 0 Å². The van der Waals surface area contributed by atoms with Crippen LogP contribution in [0.15, 0.2) is 152 Å². The van der Waals surface area contributed by atoms with Gasteiger partial charge < -0.3 is 0 Å². The summed E-state index contributed by atoms with van der Waals surface area (Å²) in [6.45, 7) is 0. The SMILES string of the molecule is c1ccc(-c2cccc3c2sc2c4ccccc4c(-n4c5c6ccccc6ccc5c5ccc6nc7ccccc7n6c54)cc32)cc1. The average molecular weight is 616 g/mol. The summed E-state index contributed by atoms with van der Waals surface area (Å²) in [6, 6.07) is 55.2. The number of para-hydroxylation sites is 2. The summed E-state index contributed by atoms with van der Waals surface area (Å²) in [4.78, 5) is 5.07. The zero-order valence-corrected chi connectivity index (χ0v) is 26.0. The third-order valence-electron chi connectivity index (χ3n) is 9.87. The average Bonchev–Trinajstić information content (AvgIpc) is 3.81. The largest absolute Gasteiger partial charge is 0.294 e. The van der Waals surface area contributed by atoms with E-state index in [2.05, 4.69) is 161 Å². The second-order valence-corrected chi connectivity index (χ2v) is 13.4. The maximum Gasteiger partial charge on any atom is 0.139 e. The van der Waals surface area contributed by atoms with Gasteiger partial charge in [0, 0.05) is 47.1 Å². The molecule has 11 aromatic rings. The maximum absolute atomic E-state index is 5.07. The third-order valence-corrected chi connectivity index (χ3v) is 11.2. The van der Waals surface area contributed by atoms with Gasteiger partial charge in [-0.05, 0) is 46.8 Å². The molecule has 3 nitrogen and oxygen atoms in total. The Morgan fingerprint density at radius 2 is 1.21 bits per heavy atom. The lowest BCUT2D eigenvalue weighted by Crippen LogP contribution is -2.00. The van der Waals surface area contributed by atoms with Gasteiger partial charge in [-0.15, -0.1) is 11.3 Å². The number of hydrogen-bond acceptors (Lipinski definition) is 2. The molecule has 0 spiro atoms. The van der Waals surface area contributed by atoms with E-state index in [0.717, 1.165) is 22.3 Å². The molecule has 0 radical (unpaired) electrons. The van der Waals surface area contributed by atoms with Crippen LogP contribution in [0.5, 0.6) is 0 Å². The van der Waals surface area contributed by atoms with Gasteiger partial charge in [-0.25, -0.2) is 4.98 Å². The van der Waals surface area contributed by atoms with Crippen LogP contribution in [0.25, 0.3) is 97.1 Å². The molecular formula is C43H25N3S. The molecule has 4 heteroatoms. The highest BCUT2D eigenvalue weighted by Gasteiger charge is 2.22. The molecule has 4 aromatic heterocycles. The number of nitrogens with zero attached hydrogens (tertiary/aromatic N) is 3. The van der Waals surface area contributed by atoms with Gasteiger partial charge in [0.25, 0.3) is 0 Å². The summed E-state index contributed by atoms with van der Waals surface area (Å²) in [7, 11) is 0. The fourth-order valence-electron chi connectivity index (χ4n) is 7.85. The molecule has 0 aliphatic carbocycles. The van der Waals surface area contributed by atoms with Gasteiger partial charge in [-0.3, -0.25) is 8.97 Å². The molecule has 11 rings (SSSR count). The van der Waals surface area contributed by atoms with Crippen molar-refractivity contribution in [1.29, 1.82) is 0 Å². The van der Waals surface area contributed by atoms with Gasteiger partial charge in [-0.1, -0.05) is 121 Å². The lowest BCUT2D eigenvalue weighted by atomic mass is 10.0. The van der Waals surface area contributed by atoms with E-state index < -0.39 is 0 Å². The first-order valence-electron chi connectivity index (χ1n) is 16.0. The Labute approximate surface area is 273 Å². The summed E-state index contributed by atoms with van der Waals surface area (Å²) >= 11 is 1.91. The van der Waals surface area contributed by atoms with Gasteiger partial charge in [0.2, 0.25) is 0 Å². The van der Waals surface area contributed by atoms with E-state index in [-0.39, 0.29) is 0 Å². The van der Waals surface area contributed by atoms with E-state index in [1.807, 2.05) is 11.3 Å². The van der Waals surface area contributed by atoms with E-state index in [1.54, 1.807) is 0 Å². The first-order chi connectivity index (χ1) is 23.3. The number of hydrogen-bond donors (Lipinski definition) is 0. The van der Waals surface area contributed by atoms with Crippen molar-refractivity contribution in [3.63, 3.8) is 0 Å². The van der Waals surface area contributed by atoms with Gasteiger partial charge >= 0.3 is 0 Å². The molecule has 218 valence electrons. The normalized spacial score (nSPS) is 12.3. The Morgan fingerprint density at radius 3 is 2.13 bits per heavy atom. The van der Waals surface area contributed by atoms with Gasteiger partial charge in [-0.2, -0.15) is 0 Å². The van der Waals surface area contributed by atoms with Crippen LogP contribution in [-0.2, 0) is 0 Å². The molecule has 0 aliphatic rings. The third kappa shape index (κ3) is 3.37. The van der Waals surface area contributed by atoms with E-state index in [0.29, 0.717) is 0 Å². The summed E-state index contributed by atoms with van der Waals surface area (Å²) in [6.07, 6.45) is 0. The van der Waals surface area contributed by atoms with Crippen molar-refractivity contribution in [2.24, 2.45) is 0 Å². The summed E-state index contributed by atoms with van der Waals surface area (Å²) in [5.41, 5.74) is 9.13. The topological polar surface area (TPSA) is 22.2 Å². The molecule has 0 N–H and O–H groups in total. The van der Waals surface area contributed by atoms with E-state index in [1.165, 1.54) is 74.8 Å². The molecular weight excluding hydrogens is 591 g/mol. The molecule has 0 unspecified atom stereocenters. The molecule has 0 bridgehead atoms. The van der Waals surface area contributed by atoms with Gasteiger partial charge in [0.15, 0.2) is 0 Å². The quantitative estimate of drug-likeness (QED) is 0.190. The van der Waals surface area contributed by atoms with Gasteiger partial charge in [0.1, 0.15) is 11.3 Å². The van der Waals surface area contributed by atoms with Crippen LogP contribution in [0.2, 0.25) is 0 Å². The van der Waals surface area contributed by atoms with E-state index >= 15 is 0 Å². The van der Waals surface area contributed by atoms with Crippen LogP contribution in [0, 0.1) is 0 Å². The van der Waals surface area contributed by atoms with Crippen LogP contribution < -0.4 is 0 Å². The molecule has 47 heavy (non-hydrogen) atoms. The maximum atomic E-state index is 5.07. The highest BCUT2D eigenvalue weighted by molar-refractivity contribution is 7.27. The first kappa shape index (κ1) is 25.2. The number of aromatic nitrogens is 3. The summed E-state index contributed by atoms with van der Waals surface area (Å²) in [5, 5.41) is 10.0. The lowest BCUT2D eigenvalue weighted by molar-refractivity contribution is 1.13. The predicted molar refractivity (Wildman–Crippen MR) is 200 cm³/mol. The van der Waals surface area contributed by atoms with Crippen molar-refractivity contribution in [2.45, 2.75) is 0 Å². The highest BCUT2D eigenvalue weighted by atomic mass is 32.1. The number of pyridine rings is 1. The number of thiophene rings is 1. The molecule has 0 saturated carbocycles. The monoisotopic (exact) mass is 615 g/mol. The minimum atomic E-state index is 0.950. The van der Waals surface area contributed by atoms with Crippen molar-refractivity contribution in [1.82, 2.24) is 14.0 Å². The van der Waals surface area contributed by atoms with Crippen molar-refractivity contribution < 1.29 is 0 Å². The van der Waals surface area contributed by atoms with E-state index in [9.17, 15) is 0 Å². The van der Waals surface area contributed by atoms with Crippen LogP contribution in [0.3, 0.4) is 0 Å². The fourth-order valence-corrected chi connectivity index (χ4v) is 9.20. The zero-order valence-electron chi connectivity index (χ0n) is 25.2. The number of imidazole rings is 1. The molecule has 4 heterocycles. The smallest absolute Gasteiger partial charge is 0.139 e. The molecule has 0 aliphatic heterocycles. The predicted octanol–water partition coefficient (Wildman–Crippen LogP) is 11.9. The Bertz CT molecular complexity index is 3070. The van der Waals surface area contributed by atoms with Crippen molar-refractivity contribution >= 4 is 91.7 Å². The summed E-state index contributed by atoms with van der Waals surface area (Å²) < 4.78 is 7.54. The molecule has 7 aromatic carbocycles. The number of benzene rings is 7. The van der Waals surface area contributed by atoms with Crippen LogP contribution in [-0.4, -0.2) is 14.0 Å². The lowest BCUT2D eigenvalue weighted by Gasteiger charge is -2.15. The minimum absolute atomic E-state index is 0.950. The Balaban J connectivity index is 1.39. The minimum Gasteiger partial charge on any atom is -0.294 e. The molecule has 0 fully saturated rings. The highest BCUT2D eigenvalue weighted by Crippen LogP contribution is 2.46. The molecule has 0 saturated heterocycles. The van der Waals surface area contributed by atoms with Crippen LogP contribution >= 0.6 is 11.3 Å². The van der Waals surface area contributed by atoms with Crippen molar-refractivity contribution in [3.8, 4) is 16.8 Å². The Kier molecular flexibility index (Phi) is 4.99. The summed E-state index contributed by atoms with van der Waals surface area (Å²) in [5.74, 6) is 0. The molecule has 0 atom stereocenters. The zero-order chi connectivity index (χ0) is 30.6. The standard InChI is InChI=1S/C43H25N3S/c1-2-11-26(12-3-1)29-17-10-18-33-35-25-38(30-15-6-7-16-32(30)42(35)47-41(29)33)46-40-28-14-5-4-13-27(28)21-22-31(40)34-23-24-39-44-36-19-8-9-20-37(36)45(39)43(34)46/h1-25H. The molecule has 0 amide bonds. The number of rotatable bonds is 2. The van der Waals surface area contributed by atoms with Crippen molar-refractivity contribution in [3.05, 3.63) is 152 Å². The first-order valence-corrected chi connectivity index (χ1v) is 16.8. The second-order valence-electron chi connectivity index (χ2n) is 12.4. The van der Waals surface area contributed by atoms with Crippen LogP contribution in [0.4, 0.5) is 0 Å². The fraction of sp³-hybridized carbons (Fsp3) is 0. The van der Waals surface area contributed by atoms with Crippen LogP contribution in [0.1, 0.15) is 0 Å². The Hall–Kier alpha value is -5.97. The second kappa shape index (κ2) is 9.29. The van der Waals surface area contributed by atoms with Gasteiger partial charge in [0.05, 0.1) is 22.2 Å².